The summed E-state index contributed by atoms with van der Waals surface area (Å²) in [5.74, 6) is -0.0375. The summed E-state index contributed by atoms with van der Waals surface area (Å²) in [6, 6.07) is 12.7. The maximum Gasteiger partial charge on any atom is 0.244 e. The Kier molecular flexibility index (Phi) is 6.16. The highest BCUT2D eigenvalue weighted by atomic mass is 16.5. The van der Waals surface area contributed by atoms with E-state index < -0.39 is 0 Å². The normalized spacial score (nSPS) is 13.9. The Labute approximate surface area is 170 Å². The number of ether oxygens (including phenoxy) is 1. The molecule has 0 aromatic heterocycles. The van der Waals surface area contributed by atoms with E-state index in [4.69, 9.17) is 4.74 Å². The van der Waals surface area contributed by atoms with Crippen LogP contribution in [0.4, 0.5) is 11.4 Å². The molecule has 1 aliphatic rings. The lowest BCUT2D eigenvalue weighted by atomic mass is 10.0. The van der Waals surface area contributed by atoms with E-state index in [-0.39, 0.29) is 43.1 Å². The molecule has 0 saturated heterocycles. The Hall–Kier alpha value is -3.35. The maximum absolute atomic E-state index is 12.7. The zero-order chi connectivity index (χ0) is 21.0. The lowest BCUT2D eigenvalue weighted by Gasteiger charge is -2.29. The van der Waals surface area contributed by atoms with Crippen molar-refractivity contribution in [3.8, 4) is 5.75 Å². The van der Waals surface area contributed by atoms with Crippen LogP contribution in [0.3, 0.4) is 0 Å². The number of benzene rings is 2. The van der Waals surface area contributed by atoms with Crippen LogP contribution < -0.4 is 20.3 Å². The second kappa shape index (κ2) is 8.77. The molecule has 0 aliphatic carbocycles. The number of amides is 3. The van der Waals surface area contributed by atoms with Crippen LogP contribution in [0.1, 0.15) is 36.9 Å². The van der Waals surface area contributed by atoms with Crippen LogP contribution in [-0.2, 0) is 14.4 Å². The van der Waals surface area contributed by atoms with Gasteiger partial charge in [-0.05, 0) is 32.0 Å². The van der Waals surface area contributed by atoms with Gasteiger partial charge in [0.15, 0.2) is 0 Å². The van der Waals surface area contributed by atoms with E-state index in [9.17, 15) is 14.4 Å². The van der Waals surface area contributed by atoms with Gasteiger partial charge in [-0.15, -0.1) is 0 Å². The fourth-order valence-electron chi connectivity index (χ4n) is 3.39. The highest BCUT2D eigenvalue weighted by molar-refractivity contribution is 6.10. The van der Waals surface area contributed by atoms with Gasteiger partial charge in [-0.2, -0.15) is 0 Å². The first-order valence-electron chi connectivity index (χ1n) is 9.52. The largest absolute Gasteiger partial charge is 0.496 e. The summed E-state index contributed by atoms with van der Waals surface area (Å²) in [6.07, 6.45) is 0.0582. The Bertz CT molecular complexity index is 941. The molecule has 7 nitrogen and oxygen atoms in total. The molecule has 29 heavy (non-hydrogen) atoms. The number of fused-ring (bicyclic) bond motifs is 1. The van der Waals surface area contributed by atoms with Gasteiger partial charge >= 0.3 is 0 Å². The number of rotatable bonds is 6. The first-order valence-corrected chi connectivity index (χ1v) is 9.52. The van der Waals surface area contributed by atoms with Gasteiger partial charge in [0.2, 0.25) is 17.7 Å². The van der Waals surface area contributed by atoms with E-state index >= 15 is 0 Å². The minimum atomic E-state index is -0.261. The number of hydrogen-bond acceptors (Lipinski definition) is 4. The lowest BCUT2D eigenvalue weighted by Crippen LogP contribution is -2.42. The van der Waals surface area contributed by atoms with Gasteiger partial charge in [0.1, 0.15) is 12.3 Å². The predicted molar refractivity (Wildman–Crippen MR) is 111 cm³/mol. The highest BCUT2D eigenvalue weighted by Crippen LogP contribution is 2.29. The number of carbonyl (C=O) groups is 3. The van der Waals surface area contributed by atoms with E-state index in [0.29, 0.717) is 17.1 Å². The van der Waals surface area contributed by atoms with Gasteiger partial charge in [0.25, 0.3) is 0 Å². The summed E-state index contributed by atoms with van der Waals surface area (Å²) >= 11 is 0. The van der Waals surface area contributed by atoms with Gasteiger partial charge in [0, 0.05) is 18.4 Å². The minimum Gasteiger partial charge on any atom is -0.496 e. The summed E-state index contributed by atoms with van der Waals surface area (Å²) in [7, 11) is 1.59. The zero-order valence-electron chi connectivity index (χ0n) is 16.8. The molecule has 1 aliphatic heterocycles. The number of methoxy groups -OCH3 is 1. The number of para-hydroxylation sites is 2. The highest BCUT2D eigenvalue weighted by Gasteiger charge is 2.26. The van der Waals surface area contributed by atoms with Crippen molar-refractivity contribution >= 4 is 29.1 Å². The molecule has 3 amide bonds. The van der Waals surface area contributed by atoms with Crippen LogP contribution in [0, 0.1) is 6.92 Å². The molecule has 0 bridgehead atoms. The summed E-state index contributed by atoms with van der Waals surface area (Å²) in [6.45, 7) is 3.80. The Balaban J connectivity index is 1.61. The van der Waals surface area contributed by atoms with Gasteiger partial charge in [-0.25, -0.2) is 0 Å². The minimum absolute atomic E-state index is 0.0190. The third-order valence-corrected chi connectivity index (χ3v) is 4.87. The van der Waals surface area contributed by atoms with E-state index in [1.807, 2.05) is 32.0 Å². The van der Waals surface area contributed by atoms with E-state index in [0.717, 1.165) is 11.1 Å². The second-order valence-corrected chi connectivity index (χ2v) is 7.08. The zero-order valence-corrected chi connectivity index (χ0v) is 16.8. The Morgan fingerprint density at radius 1 is 1.21 bits per heavy atom. The van der Waals surface area contributed by atoms with Crippen LogP contribution in [0.15, 0.2) is 42.5 Å². The van der Waals surface area contributed by atoms with Gasteiger partial charge in [0.05, 0.1) is 24.5 Å². The number of anilines is 2. The fraction of sp³-hybridized carbons (Fsp3) is 0.318. The van der Waals surface area contributed by atoms with Crippen molar-refractivity contribution in [2.24, 2.45) is 0 Å². The smallest absolute Gasteiger partial charge is 0.244 e. The summed E-state index contributed by atoms with van der Waals surface area (Å²) in [4.78, 5) is 38.4. The maximum atomic E-state index is 12.7. The first-order chi connectivity index (χ1) is 13.9. The van der Waals surface area contributed by atoms with Gasteiger partial charge < -0.3 is 20.3 Å². The summed E-state index contributed by atoms with van der Waals surface area (Å²) < 4.78 is 5.37. The quantitative estimate of drug-likeness (QED) is 0.787. The Morgan fingerprint density at radius 3 is 2.72 bits per heavy atom. The number of hydrogen-bond donors (Lipinski definition) is 2. The summed E-state index contributed by atoms with van der Waals surface area (Å²) in [5, 5.41) is 5.66. The third kappa shape index (κ3) is 4.74. The Morgan fingerprint density at radius 2 is 1.97 bits per heavy atom. The van der Waals surface area contributed by atoms with Crippen molar-refractivity contribution in [1.29, 1.82) is 0 Å². The second-order valence-electron chi connectivity index (χ2n) is 7.08. The van der Waals surface area contributed by atoms with Gasteiger partial charge in [-0.3, -0.25) is 14.4 Å². The van der Waals surface area contributed by atoms with E-state index in [1.54, 1.807) is 31.4 Å². The third-order valence-electron chi connectivity index (χ3n) is 4.87. The fourth-order valence-corrected chi connectivity index (χ4v) is 3.39. The number of nitrogens with one attached hydrogen (secondary N) is 2. The molecule has 0 saturated carbocycles. The molecule has 1 atom stereocenters. The molecule has 2 N–H and O–H groups in total. The molecule has 1 unspecified atom stereocenters. The number of carbonyl (C=O) groups excluding carboxylic acids is 3. The predicted octanol–water partition coefficient (Wildman–Crippen LogP) is 2.95. The molecule has 152 valence electrons. The average Bonchev–Trinajstić information content (AvgIpc) is 2.71. The average molecular weight is 395 g/mol. The molecular formula is C22H25N3O4. The summed E-state index contributed by atoms with van der Waals surface area (Å²) in [5.41, 5.74) is 3.20. The van der Waals surface area contributed by atoms with Gasteiger partial charge in [-0.1, -0.05) is 29.8 Å². The number of aryl methyl sites for hydroxylation is 1. The van der Waals surface area contributed by atoms with Crippen molar-refractivity contribution in [1.82, 2.24) is 5.32 Å². The molecule has 0 radical (unpaired) electrons. The van der Waals surface area contributed by atoms with Crippen LogP contribution in [0.5, 0.6) is 5.75 Å². The molecule has 0 spiro atoms. The first kappa shape index (κ1) is 20.4. The molecule has 3 rings (SSSR count). The molecule has 7 heteroatoms. The van der Waals surface area contributed by atoms with Crippen molar-refractivity contribution in [2.45, 2.75) is 32.7 Å². The van der Waals surface area contributed by atoms with Crippen molar-refractivity contribution in [3.05, 3.63) is 53.6 Å². The van der Waals surface area contributed by atoms with E-state index in [2.05, 4.69) is 10.6 Å². The topological polar surface area (TPSA) is 87.7 Å². The van der Waals surface area contributed by atoms with Crippen LogP contribution >= 0.6 is 0 Å². The monoisotopic (exact) mass is 395 g/mol. The SMILES string of the molecule is COc1ccc(C)cc1C(C)NC(=O)CCC(=O)N1CC(=O)Nc2ccccc21. The molecular weight excluding hydrogens is 370 g/mol. The standard InChI is InChI=1S/C22H25N3O4/c1-14-8-9-19(29-3)16(12-14)15(2)23-20(26)10-11-22(28)25-13-21(27)24-17-6-4-5-7-18(17)25/h4-9,12,15H,10-11,13H2,1-3H3,(H,23,26)(H,24,27). The van der Waals surface area contributed by atoms with E-state index in [1.165, 1.54) is 4.90 Å². The molecule has 0 fully saturated rings. The number of nitrogens with zero attached hydrogens (tertiary/aromatic N) is 1. The van der Waals surface area contributed by atoms with Crippen molar-refractivity contribution < 1.29 is 19.1 Å². The van der Waals surface area contributed by atoms with Crippen molar-refractivity contribution in [2.75, 3.05) is 23.9 Å². The molecule has 2 aromatic rings. The van der Waals surface area contributed by atoms with Crippen molar-refractivity contribution in [3.63, 3.8) is 0 Å². The molecule has 2 aromatic carbocycles. The molecule has 1 heterocycles. The lowest BCUT2D eigenvalue weighted by molar-refractivity contribution is -0.126. The van der Waals surface area contributed by atoms with Crippen LogP contribution in [-0.4, -0.2) is 31.4 Å². The van der Waals surface area contributed by atoms with Crippen LogP contribution in [0.2, 0.25) is 0 Å². The van der Waals surface area contributed by atoms with Crippen LogP contribution in [0.25, 0.3) is 0 Å².